The maximum Gasteiger partial charge on any atom is 0.389 e. The predicted molar refractivity (Wildman–Crippen MR) is 167 cm³/mol. The van der Waals surface area contributed by atoms with Gasteiger partial charge in [-0.3, -0.25) is 9.59 Å². The number of unbranched alkanes of at least 4 members (excludes halogenated alkanes) is 2. The smallest absolute Gasteiger partial charge is 0.389 e. The fourth-order valence-electron chi connectivity index (χ4n) is 6.27. The summed E-state index contributed by atoms with van der Waals surface area (Å²) in [7, 11) is 3.57. The average Bonchev–Trinajstić information content (AvgIpc) is 3.61. The third kappa shape index (κ3) is 12.8. The van der Waals surface area contributed by atoms with Gasteiger partial charge in [0.2, 0.25) is 5.91 Å². The number of alkyl halides is 3. The van der Waals surface area contributed by atoms with E-state index in [4.69, 9.17) is 4.74 Å². The maximum atomic E-state index is 12.4. The van der Waals surface area contributed by atoms with Gasteiger partial charge in [0.05, 0.1) is 18.1 Å². The molecule has 1 saturated carbocycles. The predicted octanol–water partition coefficient (Wildman–Crippen LogP) is 5.87. The van der Waals surface area contributed by atoms with Crippen molar-refractivity contribution in [2.45, 2.75) is 109 Å². The summed E-state index contributed by atoms with van der Waals surface area (Å²) in [5.74, 6) is -0.192. The molecule has 2 fully saturated rings. The van der Waals surface area contributed by atoms with E-state index < -0.39 is 42.0 Å². The van der Waals surface area contributed by atoms with Crippen LogP contribution < -0.4 is 10.3 Å². The van der Waals surface area contributed by atoms with Crippen LogP contribution in [0.2, 0.25) is 0 Å². The average molecular weight is 777 g/mol. The number of hydrogen-bond donors (Lipinski definition) is 2. The van der Waals surface area contributed by atoms with Crippen molar-refractivity contribution in [3.05, 3.63) is 39.6 Å². The summed E-state index contributed by atoms with van der Waals surface area (Å²) in [6.45, 7) is 4.95. The van der Waals surface area contributed by atoms with Crippen molar-refractivity contribution >= 4 is 23.2 Å². The molecule has 1 aliphatic heterocycles. The molecule has 1 aliphatic carbocycles. The number of amides is 1. The Labute approximate surface area is 312 Å². The monoisotopic (exact) mass is 776 g/mol. The number of fused-ring (bicyclic) bond motifs is 1. The van der Waals surface area contributed by atoms with Gasteiger partial charge < -0.3 is 29.8 Å². The Morgan fingerprint density at radius 3 is 2.47 bits per heavy atom. The third-order valence-corrected chi connectivity index (χ3v) is 8.88. The SMILES string of the molecule is CC(C)(C)[C@H](O)C(=O)N1CCC(CC(F)(F)F)C1[C-]=O.C[N-]C1CCCC1CCCCCc1nc2ccc(OC)cc2[nH]c1=O.[V].[Y]. The number of benzene rings is 1. The zero-order valence-electron chi connectivity index (χ0n) is 28.0. The number of methoxy groups -OCH3 is 1. The van der Waals surface area contributed by atoms with Crippen LogP contribution in [0, 0.1) is 17.3 Å². The molecular weight excluding hydrogens is 729 g/mol. The van der Waals surface area contributed by atoms with E-state index in [0.717, 1.165) is 46.9 Å². The number of aromatic nitrogens is 2. The van der Waals surface area contributed by atoms with E-state index >= 15 is 0 Å². The Morgan fingerprint density at radius 2 is 1.87 bits per heavy atom. The molecule has 9 nitrogen and oxygen atoms in total. The van der Waals surface area contributed by atoms with Gasteiger partial charge in [-0.15, -0.1) is 6.04 Å². The van der Waals surface area contributed by atoms with Crippen LogP contribution in [0.25, 0.3) is 16.4 Å². The Morgan fingerprint density at radius 1 is 1.17 bits per heavy atom. The van der Waals surface area contributed by atoms with Crippen LogP contribution in [0.4, 0.5) is 13.2 Å². The molecule has 5 atom stereocenters. The van der Waals surface area contributed by atoms with Crippen LogP contribution in [0.1, 0.15) is 84.3 Å². The first-order chi connectivity index (χ1) is 21.2. The van der Waals surface area contributed by atoms with Crippen LogP contribution in [0.15, 0.2) is 23.0 Å². The van der Waals surface area contributed by atoms with Gasteiger partial charge in [0.1, 0.15) is 17.5 Å². The first-order valence-electron chi connectivity index (χ1n) is 15.8. The molecule has 1 aromatic carbocycles. The van der Waals surface area contributed by atoms with E-state index in [1.54, 1.807) is 27.9 Å². The number of hydrogen-bond acceptors (Lipinski definition) is 6. The normalized spacial score (nSPS) is 21.7. The molecule has 4 unspecified atom stereocenters. The molecular formula is C33H47F3N4O5VY-2. The molecule has 2 aromatic rings. The van der Waals surface area contributed by atoms with Crippen molar-refractivity contribution in [3.8, 4) is 5.75 Å². The van der Waals surface area contributed by atoms with Gasteiger partial charge in [-0.25, -0.2) is 11.3 Å². The van der Waals surface area contributed by atoms with Gasteiger partial charge in [-0.2, -0.15) is 20.2 Å². The molecule has 1 saturated heterocycles. The van der Waals surface area contributed by atoms with Gasteiger partial charge in [-0.05, 0) is 42.7 Å². The van der Waals surface area contributed by atoms with Crippen molar-refractivity contribution in [1.29, 1.82) is 0 Å². The molecule has 2 radical (unpaired) electrons. The van der Waals surface area contributed by atoms with Crippen LogP contribution in [0.3, 0.4) is 0 Å². The van der Waals surface area contributed by atoms with E-state index in [-0.39, 0.29) is 69.8 Å². The standard InChI is InChI=1S/C20H28N3O2.C13H19F3NO3.V.Y/c1-21-16-10-6-8-14(16)7-4-3-5-9-18-20(24)23-19-13-15(25-2)11-12-17(19)22-18;1-12(2,3)10(19)11(20)17-5-4-8(9(17)7-18)6-13(14,15)16;;/h11-14,16H,3-10H2,1-2H3,(H,23,24);8-10,19H,4-6H2,1-3H3;;/q2*-1;;/t;8?,9?,10-;;/m.1../s1. The number of aryl methyl sites for hydroxylation is 1. The number of ether oxygens (including phenoxy) is 1. The topological polar surface area (TPSA) is 127 Å². The van der Waals surface area contributed by atoms with Crippen molar-refractivity contribution < 1.29 is 83.9 Å². The molecule has 47 heavy (non-hydrogen) atoms. The molecule has 2 aliphatic rings. The number of carbonyl (C=O) groups excluding carboxylic acids is 2. The molecule has 14 heteroatoms. The second-order valence-corrected chi connectivity index (χ2v) is 13.2. The second-order valence-electron chi connectivity index (χ2n) is 13.2. The Kier molecular flexibility index (Phi) is 18.4. The number of aliphatic hydroxyl groups is 1. The quantitative estimate of drug-likeness (QED) is 0.217. The number of halogens is 3. The molecule has 260 valence electrons. The molecule has 4 rings (SSSR count). The Hall–Kier alpha value is -1.30. The Bertz CT molecular complexity index is 1340. The number of H-pyrrole nitrogens is 1. The summed E-state index contributed by atoms with van der Waals surface area (Å²) in [6.07, 6.45) is 4.05. The van der Waals surface area contributed by atoms with Crippen molar-refractivity contribution in [3.63, 3.8) is 0 Å². The molecule has 1 amide bonds. The van der Waals surface area contributed by atoms with Crippen LogP contribution in [0.5, 0.6) is 5.75 Å². The molecule has 1 aromatic heterocycles. The minimum atomic E-state index is -4.39. The summed E-state index contributed by atoms with van der Waals surface area (Å²) in [6, 6.07) is 4.92. The number of rotatable bonds is 11. The summed E-state index contributed by atoms with van der Waals surface area (Å²) < 4.78 is 42.4. The minimum absolute atomic E-state index is 0. The van der Waals surface area contributed by atoms with E-state index in [1.165, 1.54) is 38.4 Å². The van der Waals surface area contributed by atoms with E-state index in [9.17, 15) is 32.7 Å². The van der Waals surface area contributed by atoms with E-state index in [1.807, 2.05) is 25.2 Å². The molecule has 0 bridgehead atoms. The van der Waals surface area contributed by atoms with Crippen molar-refractivity contribution in [1.82, 2.24) is 14.9 Å². The van der Waals surface area contributed by atoms with Crippen molar-refractivity contribution in [2.75, 3.05) is 20.7 Å². The molecule has 2 N–H and O–H groups in total. The number of nitrogens with zero attached hydrogens (tertiary/aromatic N) is 3. The number of likely N-dealkylation sites (tertiary alicyclic amines) is 1. The maximum absolute atomic E-state index is 12.4. The summed E-state index contributed by atoms with van der Waals surface area (Å²) in [4.78, 5) is 43.7. The van der Waals surface area contributed by atoms with Crippen LogP contribution in [-0.4, -0.2) is 77.2 Å². The van der Waals surface area contributed by atoms with Crippen molar-refractivity contribution in [2.24, 2.45) is 17.3 Å². The number of aromatic amines is 1. The largest absolute Gasteiger partial charge is 0.662 e. The molecule has 0 spiro atoms. The van der Waals surface area contributed by atoms with Gasteiger partial charge in [0.25, 0.3) is 5.56 Å². The fourth-order valence-corrected chi connectivity index (χ4v) is 6.27. The zero-order valence-corrected chi connectivity index (χ0v) is 32.2. The summed E-state index contributed by atoms with van der Waals surface area (Å²) in [5.41, 5.74) is 1.35. The summed E-state index contributed by atoms with van der Waals surface area (Å²) >= 11 is 0. The first-order valence-corrected chi connectivity index (χ1v) is 15.8. The third-order valence-electron chi connectivity index (χ3n) is 8.88. The van der Waals surface area contributed by atoms with E-state index in [0.29, 0.717) is 11.7 Å². The van der Waals surface area contributed by atoms with E-state index in [2.05, 4.69) is 15.3 Å². The van der Waals surface area contributed by atoms with Gasteiger partial charge in [0.15, 0.2) is 0 Å². The number of nitrogens with one attached hydrogen (secondary N) is 1. The van der Waals surface area contributed by atoms with Crippen LogP contribution in [-0.2, 0) is 67.3 Å². The number of carbonyl (C=O) groups is 1. The zero-order chi connectivity index (χ0) is 33.4. The Balaban J connectivity index is 0.000000462. The first kappa shape index (κ1) is 43.7. The molecule has 2 heterocycles. The summed E-state index contributed by atoms with van der Waals surface area (Å²) in [5, 5.41) is 14.4. The van der Waals surface area contributed by atoms with Gasteiger partial charge in [0, 0.05) is 70.3 Å². The fraction of sp³-hybridized carbons (Fsp3) is 0.697. The van der Waals surface area contributed by atoms with Gasteiger partial charge >= 0.3 is 6.18 Å². The van der Waals surface area contributed by atoms with Crippen LogP contribution >= 0.6 is 0 Å². The minimum Gasteiger partial charge on any atom is -0.662 e. The van der Waals surface area contributed by atoms with Gasteiger partial charge in [-0.1, -0.05) is 71.3 Å². The second kappa shape index (κ2) is 19.8. The number of aliphatic hydroxyl groups excluding tert-OH is 1.